The fraction of sp³-hybridized carbons (Fsp3) is 0.800. The van der Waals surface area contributed by atoms with Gasteiger partial charge in [0.2, 0.25) is 0 Å². The highest BCUT2D eigenvalue weighted by Gasteiger charge is 2.40. The molecule has 0 spiro atoms. The van der Waals surface area contributed by atoms with Crippen LogP contribution >= 0.6 is 11.6 Å². The van der Waals surface area contributed by atoms with Crippen molar-refractivity contribution in [2.75, 3.05) is 12.5 Å². The molecule has 0 N–H and O–H groups in total. The first-order valence-corrected chi connectivity index (χ1v) is 19.3. The molecule has 1 fully saturated rings. The second kappa shape index (κ2) is 31.2. The molecular weight excluding hydrogens is 548 g/mol. The SMILES string of the molecule is CCCCC/C=C\C/C=C\CCCCCCCCC1(CCCCCCCC/C=C\C/C=C\CCCCC)OCC(CCl)O1. The first-order chi connectivity index (χ1) is 21.3. The predicted molar refractivity (Wildman–Crippen MR) is 192 cm³/mol. The van der Waals surface area contributed by atoms with Gasteiger partial charge in [0.25, 0.3) is 0 Å². The fourth-order valence-corrected chi connectivity index (χ4v) is 6.00. The largest absolute Gasteiger partial charge is 0.347 e. The molecule has 0 aliphatic carbocycles. The lowest BCUT2D eigenvalue weighted by atomic mass is 9.98. The number of halogens is 1. The number of alkyl halides is 1. The number of hydrogen-bond acceptors (Lipinski definition) is 2. The summed E-state index contributed by atoms with van der Waals surface area (Å²) in [5, 5.41) is 0. The maximum atomic E-state index is 6.37. The third-order valence-electron chi connectivity index (χ3n) is 8.60. The Hall–Kier alpha value is -0.830. The third-order valence-corrected chi connectivity index (χ3v) is 8.95. The molecule has 0 aromatic carbocycles. The average Bonchev–Trinajstić information content (AvgIpc) is 3.44. The van der Waals surface area contributed by atoms with Crippen molar-refractivity contribution in [1.29, 1.82) is 0 Å². The maximum absolute atomic E-state index is 6.37. The van der Waals surface area contributed by atoms with E-state index in [-0.39, 0.29) is 11.9 Å². The Morgan fingerprint density at radius 3 is 1.26 bits per heavy atom. The van der Waals surface area contributed by atoms with Gasteiger partial charge in [-0.15, -0.1) is 11.6 Å². The van der Waals surface area contributed by atoms with Gasteiger partial charge in [-0.25, -0.2) is 0 Å². The Balaban J connectivity index is 2.04. The summed E-state index contributed by atoms with van der Waals surface area (Å²) >= 11 is 6.12. The molecule has 1 heterocycles. The van der Waals surface area contributed by atoms with Crippen LogP contribution in [0.1, 0.15) is 181 Å². The van der Waals surface area contributed by atoms with Gasteiger partial charge in [-0.1, -0.05) is 140 Å². The number of unbranched alkanes of at least 4 members (excludes halogenated alkanes) is 18. The van der Waals surface area contributed by atoms with Crippen molar-refractivity contribution >= 4 is 11.6 Å². The summed E-state index contributed by atoms with van der Waals surface area (Å²) in [6, 6.07) is 0. The Morgan fingerprint density at radius 1 is 0.512 bits per heavy atom. The van der Waals surface area contributed by atoms with E-state index >= 15 is 0 Å². The summed E-state index contributed by atoms with van der Waals surface area (Å²) in [4.78, 5) is 0. The van der Waals surface area contributed by atoms with E-state index in [0.717, 1.165) is 25.7 Å². The van der Waals surface area contributed by atoms with Crippen LogP contribution in [0.2, 0.25) is 0 Å². The van der Waals surface area contributed by atoms with Gasteiger partial charge in [-0.2, -0.15) is 0 Å². The Labute approximate surface area is 274 Å². The molecule has 250 valence electrons. The molecule has 0 aromatic heterocycles. The lowest BCUT2D eigenvalue weighted by Gasteiger charge is -2.28. The minimum atomic E-state index is -0.371. The second-order valence-electron chi connectivity index (χ2n) is 12.8. The second-order valence-corrected chi connectivity index (χ2v) is 13.1. The topological polar surface area (TPSA) is 18.5 Å². The van der Waals surface area contributed by atoms with Crippen LogP contribution in [0, 0.1) is 0 Å². The van der Waals surface area contributed by atoms with E-state index in [0.29, 0.717) is 12.5 Å². The lowest BCUT2D eigenvalue weighted by Crippen LogP contribution is -2.31. The minimum Gasteiger partial charge on any atom is -0.347 e. The van der Waals surface area contributed by atoms with E-state index in [1.54, 1.807) is 0 Å². The zero-order chi connectivity index (χ0) is 30.9. The average molecular weight is 619 g/mol. The van der Waals surface area contributed by atoms with Crippen molar-refractivity contribution in [2.45, 2.75) is 193 Å². The third kappa shape index (κ3) is 25.1. The van der Waals surface area contributed by atoms with E-state index in [1.165, 1.54) is 141 Å². The van der Waals surface area contributed by atoms with Gasteiger partial charge < -0.3 is 9.47 Å². The van der Waals surface area contributed by atoms with Crippen LogP contribution in [0.4, 0.5) is 0 Å². The van der Waals surface area contributed by atoms with Crippen molar-refractivity contribution in [2.24, 2.45) is 0 Å². The lowest BCUT2D eigenvalue weighted by molar-refractivity contribution is -0.177. The number of ether oxygens (including phenoxy) is 2. The molecule has 1 rings (SSSR count). The normalized spacial score (nSPS) is 17.1. The molecule has 0 bridgehead atoms. The van der Waals surface area contributed by atoms with Crippen molar-refractivity contribution in [1.82, 2.24) is 0 Å². The summed E-state index contributed by atoms with van der Waals surface area (Å²) in [5.41, 5.74) is 0. The van der Waals surface area contributed by atoms with Crippen LogP contribution < -0.4 is 0 Å². The van der Waals surface area contributed by atoms with Gasteiger partial charge in [-0.05, 0) is 77.0 Å². The van der Waals surface area contributed by atoms with Gasteiger partial charge in [0.15, 0.2) is 5.79 Å². The minimum absolute atomic E-state index is 0.0656. The van der Waals surface area contributed by atoms with Gasteiger partial charge in [-0.3, -0.25) is 0 Å². The maximum Gasteiger partial charge on any atom is 0.168 e. The highest BCUT2D eigenvalue weighted by atomic mass is 35.5. The highest BCUT2D eigenvalue weighted by Crippen LogP contribution is 2.35. The molecule has 43 heavy (non-hydrogen) atoms. The fourth-order valence-electron chi connectivity index (χ4n) is 5.84. The van der Waals surface area contributed by atoms with Crippen LogP contribution in [0.15, 0.2) is 48.6 Å². The van der Waals surface area contributed by atoms with Gasteiger partial charge in [0.1, 0.15) is 0 Å². The van der Waals surface area contributed by atoms with Gasteiger partial charge in [0, 0.05) is 12.8 Å². The van der Waals surface area contributed by atoms with Crippen molar-refractivity contribution in [3.63, 3.8) is 0 Å². The van der Waals surface area contributed by atoms with Crippen LogP contribution in [0.25, 0.3) is 0 Å². The molecule has 3 heteroatoms. The molecule has 1 saturated heterocycles. The summed E-state index contributed by atoms with van der Waals surface area (Å²) in [6.45, 7) is 5.19. The molecule has 0 saturated carbocycles. The van der Waals surface area contributed by atoms with Crippen LogP contribution in [-0.2, 0) is 9.47 Å². The summed E-state index contributed by atoms with van der Waals surface area (Å²) in [5.74, 6) is 0.166. The summed E-state index contributed by atoms with van der Waals surface area (Å²) in [6.07, 6.45) is 51.6. The van der Waals surface area contributed by atoms with Crippen molar-refractivity contribution in [3.8, 4) is 0 Å². The smallest absolute Gasteiger partial charge is 0.168 e. The molecule has 1 atom stereocenters. The van der Waals surface area contributed by atoms with Crippen LogP contribution in [0.5, 0.6) is 0 Å². The number of allylic oxidation sites excluding steroid dienone is 8. The zero-order valence-corrected chi connectivity index (χ0v) is 29.4. The monoisotopic (exact) mass is 619 g/mol. The van der Waals surface area contributed by atoms with Gasteiger partial charge >= 0.3 is 0 Å². The molecule has 1 aliphatic heterocycles. The van der Waals surface area contributed by atoms with E-state index in [9.17, 15) is 0 Å². The molecule has 0 amide bonds. The van der Waals surface area contributed by atoms with E-state index < -0.39 is 0 Å². The van der Waals surface area contributed by atoms with E-state index in [1.807, 2.05) is 0 Å². The molecule has 1 unspecified atom stereocenters. The highest BCUT2D eigenvalue weighted by molar-refractivity contribution is 6.18. The first kappa shape index (κ1) is 40.2. The standard InChI is InChI=1S/C40H71ClO2/c1-3-5-7-9-11-13-15-17-19-21-23-25-27-29-31-33-35-40(42-38-39(37-41)43-40)36-34-32-30-28-26-24-22-20-18-16-14-12-10-8-6-4-2/h11-14,17-20,39H,3-10,15-16,21-38H2,1-2H3/b13-11-,14-12-,19-17-,20-18-. The Morgan fingerprint density at radius 2 is 0.884 bits per heavy atom. The van der Waals surface area contributed by atoms with E-state index in [2.05, 4.69) is 62.5 Å². The molecule has 1 aliphatic rings. The Kier molecular flexibility index (Phi) is 29.1. The van der Waals surface area contributed by atoms with Crippen LogP contribution in [0.3, 0.4) is 0 Å². The summed E-state index contributed by atoms with van der Waals surface area (Å²) < 4.78 is 12.6. The molecule has 2 nitrogen and oxygen atoms in total. The van der Waals surface area contributed by atoms with Gasteiger partial charge in [0.05, 0.1) is 18.6 Å². The predicted octanol–water partition coefficient (Wildman–Crippen LogP) is 13.7. The van der Waals surface area contributed by atoms with Crippen molar-refractivity contribution in [3.05, 3.63) is 48.6 Å². The molecular formula is C40H71ClO2. The molecule has 0 radical (unpaired) electrons. The zero-order valence-electron chi connectivity index (χ0n) is 28.7. The van der Waals surface area contributed by atoms with Crippen molar-refractivity contribution < 1.29 is 9.47 Å². The summed E-state index contributed by atoms with van der Waals surface area (Å²) in [7, 11) is 0. The number of hydrogen-bond donors (Lipinski definition) is 0. The van der Waals surface area contributed by atoms with E-state index in [4.69, 9.17) is 21.1 Å². The van der Waals surface area contributed by atoms with Crippen LogP contribution in [-0.4, -0.2) is 24.4 Å². The first-order valence-electron chi connectivity index (χ1n) is 18.7. The quantitative estimate of drug-likeness (QED) is 0.0437. The molecule has 0 aromatic rings. The Bertz CT molecular complexity index is 647. The number of rotatable bonds is 31.